The van der Waals surface area contributed by atoms with E-state index in [1.54, 1.807) is 0 Å². The Morgan fingerprint density at radius 2 is 1.56 bits per heavy atom. The van der Waals surface area contributed by atoms with Crippen LogP contribution in [0.25, 0.3) is 0 Å². The molecule has 0 saturated carbocycles. The van der Waals surface area contributed by atoms with Crippen LogP contribution in [-0.4, -0.2) is 40.4 Å². The number of aryl methyl sites for hydroxylation is 2. The van der Waals surface area contributed by atoms with E-state index in [9.17, 15) is 10.2 Å². The Labute approximate surface area is 96.3 Å². The number of nitrogens with zero attached hydrogens (tertiary/aromatic N) is 1. The number of hydrogen-bond acceptors (Lipinski definition) is 3. The lowest BCUT2D eigenvalue weighted by Crippen LogP contribution is -2.22. The van der Waals surface area contributed by atoms with Crippen LogP contribution in [0.15, 0.2) is 18.2 Å². The van der Waals surface area contributed by atoms with Crippen LogP contribution < -0.4 is 0 Å². The monoisotopic (exact) mass is 221 g/mol. The van der Waals surface area contributed by atoms with Gasteiger partial charge in [-0.2, -0.15) is 0 Å². The van der Waals surface area contributed by atoms with Crippen LogP contribution >= 0.6 is 0 Å². The van der Waals surface area contributed by atoms with Gasteiger partial charge in [0.2, 0.25) is 0 Å². The molecule has 0 bridgehead atoms. The summed E-state index contributed by atoms with van der Waals surface area (Å²) in [5, 5.41) is 18.9. The van der Waals surface area contributed by atoms with Gasteiger partial charge in [-0.1, -0.05) is 29.3 Å². The summed E-state index contributed by atoms with van der Waals surface area (Å²) in [6, 6.07) is 6.46. The number of likely N-dealkylation sites (tertiary alicyclic amines) is 1. The summed E-state index contributed by atoms with van der Waals surface area (Å²) >= 11 is 0. The van der Waals surface area contributed by atoms with Crippen molar-refractivity contribution in [1.82, 2.24) is 4.90 Å². The van der Waals surface area contributed by atoms with Crippen LogP contribution in [0, 0.1) is 13.8 Å². The second-order valence-electron chi connectivity index (χ2n) is 4.82. The Kier molecular flexibility index (Phi) is 3.28. The topological polar surface area (TPSA) is 43.7 Å². The van der Waals surface area contributed by atoms with Crippen LogP contribution in [-0.2, 0) is 6.54 Å². The summed E-state index contributed by atoms with van der Waals surface area (Å²) in [5.74, 6) is 0. The minimum atomic E-state index is -0.592. The Balaban J connectivity index is 2.04. The van der Waals surface area contributed by atoms with Crippen molar-refractivity contribution >= 4 is 0 Å². The van der Waals surface area contributed by atoms with Crippen LogP contribution in [0.2, 0.25) is 0 Å². The lowest BCUT2D eigenvalue weighted by atomic mass is 10.1. The van der Waals surface area contributed by atoms with E-state index in [0.29, 0.717) is 13.1 Å². The number of benzene rings is 1. The van der Waals surface area contributed by atoms with Crippen LogP contribution in [0.4, 0.5) is 0 Å². The molecule has 1 aromatic rings. The molecule has 0 spiro atoms. The van der Waals surface area contributed by atoms with Crippen molar-refractivity contribution in [3.8, 4) is 0 Å². The van der Waals surface area contributed by atoms with Gasteiger partial charge in [-0.3, -0.25) is 4.90 Å². The molecule has 0 radical (unpaired) electrons. The summed E-state index contributed by atoms with van der Waals surface area (Å²) in [7, 11) is 0. The highest BCUT2D eigenvalue weighted by atomic mass is 16.3. The van der Waals surface area contributed by atoms with Gasteiger partial charge in [0.25, 0.3) is 0 Å². The zero-order valence-corrected chi connectivity index (χ0v) is 9.85. The summed E-state index contributed by atoms with van der Waals surface area (Å²) < 4.78 is 0. The summed E-state index contributed by atoms with van der Waals surface area (Å²) in [6.45, 7) is 6.10. The van der Waals surface area contributed by atoms with Gasteiger partial charge in [0.05, 0.1) is 12.2 Å². The van der Waals surface area contributed by atoms with Crippen molar-refractivity contribution in [1.29, 1.82) is 0 Å². The molecular formula is C13H19NO2. The third kappa shape index (κ3) is 2.61. The van der Waals surface area contributed by atoms with Crippen molar-refractivity contribution in [3.05, 3.63) is 34.9 Å². The second kappa shape index (κ2) is 4.53. The largest absolute Gasteiger partial charge is 0.389 e. The van der Waals surface area contributed by atoms with Crippen LogP contribution in [0.1, 0.15) is 16.7 Å². The van der Waals surface area contributed by atoms with E-state index in [1.165, 1.54) is 16.7 Å². The van der Waals surface area contributed by atoms with Gasteiger partial charge in [0, 0.05) is 19.6 Å². The smallest absolute Gasteiger partial charge is 0.0938 e. The first-order valence-electron chi connectivity index (χ1n) is 5.70. The van der Waals surface area contributed by atoms with Crippen molar-refractivity contribution < 1.29 is 10.2 Å². The Bertz CT molecular complexity index is 348. The highest BCUT2D eigenvalue weighted by Gasteiger charge is 2.29. The third-order valence-corrected chi connectivity index (χ3v) is 3.02. The summed E-state index contributed by atoms with van der Waals surface area (Å²) in [6.07, 6.45) is -1.18. The number of rotatable bonds is 2. The summed E-state index contributed by atoms with van der Waals surface area (Å²) in [4.78, 5) is 2.09. The van der Waals surface area contributed by atoms with E-state index in [2.05, 4.69) is 36.9 Å². The average molecular weight is 221 g/mol. The summed E-state index contributed by atoms with van der Waals surface area (Å²) in [5.41, 5.74) is 3.77. The number of aliphatic hydroxyl groups excluding tert-OH is 2. The molecule has 0 amide bonds. The molecule has 2 atom stereocenters. The van der Waals surface area contributed by atoms with Gasteiger partial charge in [0.1, 0.15) is 0 Å². The van der Waals surface area contributed by atoms with Crippen molar-refractivity contribution in [2.45, 2.75) is 32.6 Å². The van der Waals surface area contributed by atoms with E-state index >= 15 is 0 Å². The van der Waals surface area contributed by atoms with Gasteiger partial charge in [0.15, 0.2) is 0 Å². The Morgan fingerprint density at radius 3 is 2.06 bits per heavy atom. The first-order valence-corrected chi connectivity index (χ1v) is 5.70. The van der Waals surface area contributed by atoms with Gasteiger partial charge < -0.3 is 10.2 Å². The fourth-order valence-electron chi connectivity index (χ4n) is 2.39. The maximum absolute atomic E-state index is 9.46. The van der Waals surface area contributed by atoms with Crippen molar-refractivity contribution in [3.63, 3.8) is 0 Å². The molecule has 3 heteroatoms. The lowest BCUT2D eigenvalue weighted by Gasteiger charge is -2.15. The molecule has 1 heterocycles. The van der Waals surface area contributed by atoms with E-state index in [-0.39, 0.29) is 0 Å². The molecule has 1 aliphatic heterocycles. The number of hydrogen-bond donors (Lipinski definition) is 2. The molecule has 1 aromatic carbocycles. The van der Waals surface area contributed by atoms with E-state index in [0.717, 1.165) is 6.54 Å². The lowest BCUT2D eigenvalue weighted by molar-refractivity contribution is 0.0572. The Morgan fingerprint density at radius 1 is 1.06 bits per heavy atom. The Hall–Kier alpha value is -0.900. The van der Waals surface area contributed by atoms with Crippen molar-refractivity contribution in [2.24, 2.45) is 0 Å². The molecule has 16 heavy (non-hydrogen) atoms. The molecule has 1 aliphatic rings. The number of aliphatic hydroxyl groups is 2. The van der Waals surface area contributed by atoms with Gasteiger partial charge >= 0.3 is 0 Å². The molecule has 1 fully saturated rings. The standard InChI is InChI=1S/C13H19NO2/c1-9-3-10(2)5-11(4-9)6-14-7-12(15)13(16)8-14/h3-5,12-13,15-16H,6-8H2,1-2H3. The SMILES string of the molecule is Cc1cc(C)cc(CN2CC(O)C(O)C2)c1. The quantitative estimate of drug-likeness (QED) is 0.778. The predicted octanol–water partition coefficient (Wildman–Crippen LogP) is 0.841. The molecule has 1 saturated heterocycles. The maximum Gasteiger partial charge on any atom is 0.0938 e. The molecule has 88 valence electrons. The fourth-order valence-corrected chi connectivity index (χ4v) is 2.39. The molecule has 0 aromatic heterocycles. The molecule has 3 nitrogen and oxygen atoms in total. The molecule has 0 aliphatic carbocycles. The third-order valence-electron chi connectivity index (χ3n) is 3.02. The maximum atomic E-state index is 9.46. The molecular weight excluding hydrogens is 202 g/mol. The van der Waals surface area contributed by atoms with Gasteiger partial charge in [-0.15, -0.1) is 0 Å². The minimum absolute atomic E-state index is 0.564. The predicted molar refractivity (Wildman–Crippen MR) is 63.2 cm³/mol. The van der Waals surface area contributed by atoms with E-state index < -0.39 is 12.2 Å². The van der Waals surface area contributed by atoms with E-state index in [1.807, 2.05) is 0 Å². The van der Waals surface area contributed by atoms with E-state index in [4.69, 9.17) is 0 Å². The zero-order valence-electron chi connectivity index (χ0n) is 9.85. The first-order chi connectivity index (χ1) is 7.54. The molecule has 2 N–H and O–H groups in total. The highest BCUT2D eigenvalue weighted by Crippen LogP contribution is 2.16. The molecule has 2 rings (SSSR count). The first kappa shape index (κ1) is 11.6. The number of β-amino-alcohol motifs (C(OH)–C–C–N with tert-alkyl or cyclic N) is 2. The highest BCUT2D eigenvalue weighted by molar-refractivity contribution is 5.28. The van der Waals surface area contributed by atoms with Crippen LogP contribution in [0.3, 0.4) is 0 Å². The molecule has 2 unspecified atom stereocenters. The second-order valence-corrected chi connectivity index (χ2v) is 4.82. The van der Waals surface area contributed by atoms with Gasteiger partial charge in [-0.25, -0.2) is 0 Å². The normalized spacial score (nSPS) is 26.2. The van der Waals surface area contributed by atoms with Crippen molar-refractivity contribution in [2.75, 3.05) is 13.1 Å². The van der Waals surface area contributed by atoms with Gasteiger partial charge in [-0.05, 0) is 19.4 Å². The van der Waals surface area contributed by atoms with Crippen LogP contribution in [0.5, 0.6) is 0 Å². The average Bonchev–Trinajstić information content (AvgIpc) is 2.43. The minimum Gasteiger partial charge on any atom is -0.389 e. The zero-order chi connectivity index (χ0) is 11.7. The fraction of sp³-hybridized carbons (Fsp3) is 0.538.